The summed E-state index contributed by atoms with van der Waals surface area (Å²) in [5.41, 5.74) is 1.95. The van der Waals surface area contributed by atoms with Crippen molar-refractivity contribution in [1.82, 2.24) is 16.3 Å². The minimum Gasteiger partial charge on any atom is -0.327 e. The molecule has 0 spiro atoms. The number of benzene rings is 4. The SMILES string of the molecule is O=C(NC=CNOCc1ccc(F)c(F)c1)c1ccc(C2=CC(c3cc(Cl)c(F)c(Cl)c3)(C(F)(F)F)ON2)c2ccccc12. The molecule has 1 heterocycles. The predicted molar refractivity (Wildman–Crippen MR) is 151 cm³/mol. The zero-order valence-corrected chi connectivity index (χ0v) is 23.6. The van der Waals surface area contributed by atoms with Crippen molar-refractivity contribution >= 4 is 45.6 Å². The molecule has 1 unspecified atom stereocenters. The second kappa shape index (κ2) is 12.4. The van der Waals surface area contributed by atoms with Crippen molar-refractivity contribution in [1.29, 1.82) is 0 Å². The topological polar surface area (TPSA) is 71.6 Å². The number of hydrogen-bond donors (Lipinski definition) is 3. The van der Waals surface area contributed by atoms with Crippen LogP contribution in [0.2, 0.25) is 10.0 Å². The minimum atomic E-state index is -5.01. The third-order valence-electron chi connectivity index (χ3n) is 6.63. The van der Waals surface area contributed by atoms with Crippen molar-refractivity contribution in [2.45, 2.75) is 18.4 Å². The van der Waals surface area contributed by atoms with Crippen LogP contribution in [-0.4, -0.2) is 12.1 Å². The molecule has 14 heteroatoms. The number of carbonyl (C=O) groups is 1. The summed E-state index contributed by atoms with van der Waals surface area (Å²) in [6, 6.07) is 14.3. The van der Waals surface area contributed by atoms with E-state index in [4.69, 9.17) is 32.9 Å². The maximum Gasteiger partial charge on any atom is 0.428 e. The molecule has 0 aliphatic carbocycles. The minimum absolute atomic E-state index is 0.0654. The van der Waals surface area contributed by atoms with Gasteiger partial charge >= 0.3 is 6.18 Å². The first-order valence-electron chi connectivity index (χ1n) is 12.6. The Kier molecular flexibility index (Phi) is 8.80. The van der Waals surface area contributed by atoms with Crippen molar-refractivity contribution in [3.05, 3.63) is 135 Å². The summed E-state index contributed by atoms with van der Waals surface area (Å²) >= 11 is 11.6. The molecule has 4 aromatic rings. The highest BCUT2D eigenvalue weighted by molar-refractivity contribution is 6.35. The van der Waals surface area contributed by atoms with Gasteiger partial charge < -0.3 is 5.32 Å². The lowest BCUT2D eigenvalue weighted by atomic mass is 9.90. The Labute approximate surface area is 255 Å². The van der Waals surface area contributed by atoms with E-state index in [-0.39, 0.29) is 23.4 Å². The monoisotopic (exact) mass is 653 g/mol. The Bertz CT molecular complexity index is 1790. The van der Waals surface area contributed by atoms with Gasteiger partial charge in [-0.2, -0.15) is 13.2 Å². The van der Waals surface area contributed by atoms with Crippen LogP contribution in [0.5, 0.6) is 0 Å². The summed E-state index contributed by atoms with van der Waals surface area (Å²) < 4.78 is 83.7. The molecular weight excluding hydrogens is 635 g/mol. The molecule has 3 N–H and O–H groups in total. The summed E-state index contributed by atoms with van der Waals surface area (Å²) in [7, 11) is 0. The van der Waals surface area contributed by atoms with Gasteiger partial charge in [0.2, 0.25) is 5.60 Å². The standard InChI is InChI=1S/C30H19Cl2F6N3O3/c31-22-12-17(13-23(32)27(22)35)29(30(36,37)38)14-26(41-44-29)20-6-7-21(19-4-2-1-3-18(19)20)28(42)39-9-10-40-43-15-16-5-8-24(33)25(34)11-16/h1-14,40-41H,15H2,(H,39,42). The number of hydrogen-bond acceptors (Lipinski definition) is 5. The number of amides is 1. The van der Waals surface area contributed by atoms with Gasteiger partial charge in [0, 0.05) is 29.1 Å². The first kappa shape index (κ1) is 31.2. The molecule has 228 valence electrons. The molecule has 0 saturated carbocycles. The summed E-state index contributed by atoms with van der Waals surface area (Å²) in [5.74, 6) is -3.60. The molecule has 6 nitrogen and oxygen atoms in total. The molecule has 1 amide bonds. The van der Waals surface area contributed by atoms with Crippen molar-refractivity contribution in [2.75, 3.05) is 0 Å². The van der Waals surface area contributed by atoms with E-state index in [0.717, 1.165) is 30.3 Å². The van der Waals surface area contributed by atoms with Crippen LogP contribution in [0, 0.1) is 17.5 Å². The molecule has 1 aliphatic rings. The van der Waals surface area contributed by atoms with Crippen molar-refractivity contribution in [3.8, 4) is 0 Å². The Morgan fingerprint density at radius 1 is 0.932 bits per heavy atom. The molecular formula is C30H19Cl2F6N3O3. The molecule has 5 rings (SSSR count). The van der Waals surface area contributed by atoms with Crippen LogP contribution < -0.4 is 16.3 Å². The molecule has 0 saturated heterocycles. The fourth-order valence-electron chi connectivity index (χ4n) is 4.51. The van der Waals surface area contributed by atoms with Gasteiger partial charge in [-0.1, -0.05) is 59.6 Å². The van der Waals surface area contributed by atoms with Crippen LogP contribution in [0.3, 0.4) is 0 Å². The van der Waals surface area contributed by atoms with Crippen LogP contribution in [-0.2, 0) is 21.9 Å². The third-order valence-corrected chi connectivity index (χ3v) is 7.18. The van der Waals surface area contributed by atoms with Crippen molar-refractivity contribution in [3.63, 3.8) is 0 Å². The largest absolute Gasteiger partial charge is 0.428 e. The molecule has 1 atom stereocenters. The van der Waals surface area contributed by atoms with Gasteiger partial charge in [0.05, 0.1) is 22.3 Å². The average Bonchev–Trinajstić information content (AvgIpc) is 3.45. The van der Waals surface area contributed by atoms with Crippen LogP contribution in [0.15, 0.2) is 85.2 Å². The maximum atomic E-state index is 14.5. The highest BCUT2D eigenvalue weighted by Gasteiger charge is 2.60. The van der Waals surface area contributed by atoms with E-state index in [1.807, 2.05) is 0 Å². The summed E-state index contributed by atoms with van der Waals surface area (Å²) in [6.45, 7) is -0.0912. The van der Waals surface area contributed by atoms with E-state index < -0.39 is 50.7 Å². The van der Waals surface area contributed by atoms with Crippen LogP contribution in [0.4, 0.5) is 26.3 Å². The molecule has 0 aromatic heterocycles. The number of alkyl halides is 3. The van der Waals surface area contributed by atoms with E-state index in [2.05, 4.69) is 16.3 Å². The molecule has 0 radical (unpaired) electrons. The lowest BCUT2D eigenvalue weighted by molar-refractivity contribution is -0.269. The van der Waals surface area contributed by atoms with Gasteiger partial charge in [0.15, 0.2) is 17.5 Å². The molecule has 44 heavy (non-hydrogen) atoms. The van der Waals surface area contributed by atoms with Crippen molar-refractivity contribution < 1.29 is 40.8 Å². The fraction of sp³-hybridized carbons (Fsp3) is 0.100. The summed E-state index contributed by atoms with van der Waals surface area (Å²) in [4.78, 5) is 23.2. The van der Waals surface area contributed by atoms with Gasteiger partial charge in [-0.25, -0.2) is 13.2 Å². The lowest BCUT2D eigenvalue weighted by Crippen LogP contribution is -2.42. The molecule has 0 bridgehead atoms. The highest BCUT2D eigenvalue weighted by Crippen LogP contribution is 2.49. The quantitative estimate of drug-likeness (QED) is 0.0783. The first-order valence-corrected chi connectivity index (χ1v) is 13.3. The lowest BCUT2D eigenvalue weighted by Gasteiger charge is -2.28. The first-order chi connectivity index (χ1) is 20.9. The smallest absolute Gasteiger partial charge is 0.327 e. The van der Waals surface area contributed by atoms with E-state index in [1.165, 1.54) is 30.6 Å². The van der Waals surface area contributed by atoms with Crippen LogP contribution >= 0.6 is 23.2 Å². The maximum absolute atomic E-state index is 14.5. The second-order valence-electron chi connectivity index (χ2n) is 9.42. The van der Waals surface area contributed by atoms with Gasteiger partial charge in [-0.15, -0.1) is 0 Å². The number of halogens is 8. The number of carbonyl (C=O) groups excluding carboxylic acids is 1. The number of rotatable bonds is 8. The Morgan fingerprint density at radius 3 is 2.32 bits per heavy atom. The average molecular weight is 654 g/mol. The zero-order valence-electron chi connectivity index (χ0n) is 22.0. The summed E-state index contributed by atoms with van der Waals surface area (Å²) in [6.07, 6.45) is -1.73. The number of nitrogens with one attached hydrogen (secondary N) is 3. The van der Waals surface area contributed by atoms with Crippen LogP contribution in [0.25, 0.3) is 16.5 Å². The van der Waals surface area contributed by atoms with E-state index in [1.54, 1.807) is 24.3 Å². The fourth-order valence-corrected chi connectivity index (χ4v) is 5.00. The van der Waals surface area contributed by atoms with Gasteiger partial charge in [0.1, 0.15) is 0 Å². The van der Waals surface area contributed by atoms with Gasteiger partial charge in [-0.3, -0.25) is 25.4 Å². The van der Waals surface area contributed by atoms with E-state index in [9.17, 15) is 31.1 Å². The summed E-state index contributed by atoms with van der Waals surface area (Å²) in [5, 5.41) is 2.15. The Hall–Kier alpha value is -4.23. The zero-order chi connectivity index (χ0) is 31.6. The number of hydroxylamine groups is 2. The second-order valence-corrected chi connectivity index (χ2v) is 10.2. The molecule has 4 aromatic carbocycles. The van der Waals surface area contributed by atoms with E-state index >= 15 is 0 Å². The highest BCUT2D eigenvalue weighted by atomic mass is 35.5. The Balaban J connectivity index is 1.36. The van der Waals surface area contributed by atoms with Crippen molar-refractivity contribution in [2.24, 2.45) is 0 Å². The normalized spacial score (nSPS) is 16.7. The predicted octanol–water partition coefficient (Wildman–Crippen LogP) is 7.82. The van der Waals surface area contributed by atoms with E-state index in [0.29, 0.717) is 16.3 Å². The third kappa shape index (κ3) is 6.06. The molecule has 0 fully saturated rings. The van der Waals surface area contributed by atoms with Gasteiger partial charge in [-0.05, 0) is 52.7 Å². The van der Waals surface area contributed by atoms with Gasteiger partial charge in [0.25, 0.3) is 5.91 Å². The number of fused-ring (bicyclic) bond motifs is 1. The Morgan fingerprint density at radius 2 is 1.64 bits per heavy atom. The van der Waals surface area contributed by atoms with Crippen LogP contribution in [0.1, 0.15) is 27.0 Å². The molecule has 1 aliphatic heterocycles.